The molecule has 1 atom stereocenters. The van der Waals surface area contributed by atoms with Crippen molar-refractivity contribution in [2.24, 2.45) is 0 Å². The van der Waals surface area contributed by atoms with Crippen LogP contribution in [0.1, 0.15) is 46.4 Å². The monoisotopic (exact) mass is 415 g/mol. The molecule has 1 N–H and O–H groups in total. The summed E-state index contributed by atoms with van der Waals surface area (Å²) in [5.74, 6) is 0.712. The van der Waals surface area contributed by atoms with Gasteiger partial charge in [0, 0.05) is 22.7 Å². The van der Waals surface area contributed by atoms with E-state index < -0.39 is 0 Å². The van der Waals surface area contributed by atoms with Crippen molar-refractivity contribution in [3.05, 3.63) is 70.9 Å². The Morgan fingerprint density at radius 2 is 2.03 bits per heavy atom. The first-order chi connectivity index (χ1) is 14.9. The quantitative estimate of drug-likeness (QED) is 0.650. The molecule has 0 radical (unpaired) electrons. The number of aromatic nitrogens is 1. The first-order valence-electron chi connectivity index (χ1n) is 11.1. The van der Waals surface area contributed by atoms with Gasteiger partial charge in [0.1, 0.15) is 12.4 Å². The summed E-state index contributed by atoms with van der Waals surface area (Å²) in [5.41, 5.74) is 4.45. The summed E-state index contributed by atoms with van der Waals surface area (Å²) in [6.07, 6.45) is 3.04. The van der Waals surface area contributed by atoms with Crippen LogP contribution in [0.4, 0.5) is 0 Å². The Bertz CT molecular complexity index is 1150. The van der Waals surface area contributed by atoms with Gasteiger partial charge in [-0.2, -0.15) is 0 Å². The van der Waals surface area contributed by atoms with Crippen molar-refractivity contribution in [1.29, 1.82) is 0 Å². The third-order valence-electron chi connectivity index (χ3n) is 6.82. The minimum absolute atomic E-state index is 0.0433. The van der Waals surface area contributed by atoms with Gasteiger partial charge in [-0.05, 0) is 82.1 Å². The summed E-state index contributed by atoms with van der Waals surface area (Å²) in [6.45, 7) is 5.76. The van der Waals surface area contributed by atoms with E-state index in [4.69, 9.17) is 4.74 Å². The number of hydrogen-bond acceptors (Lipinski definition) is 4. The van der Waals surface area contributed by atoms with Crippen LogP contribution in [-0.2, 0) is 5.54 Å². The predicted octanol–water partition coefficient (Wildman–Crippen LogP) is 4.35. The van der Waals surface area contributed by atoms with Gasteiger partial charge in [0.05, 0.1) is 11.1 Å². The number of aryl methyl sites for hydroxylation is 2. The topological polar surface area (TPSA) is 54.5 Å². The number of amides is 1. The summed E-state index contributed by atoms with van der Waals surface area (Å²) in [4.78, 5) is 20.3. The van der Waals surface area contributed by atoms with E-state index in [-0.39, 0.29) is 11.4 Å². The summed E-state index contributed by atoms with van der Waals surface area (Å²) in [7, 11) is 2.12. The van der Waals surface area contributed by atoms with E-state index in [2.05, 4.69) is 34.4 Å². The van der Waals surface area contributed by atoms with E-state index in [0.717, 1.165) is 59.3 Å². The zero-order chi connectivity index (χ0) is 21.6. The number of carbonyl (C=O) groups is 1. The molecule has 1 aliphatic heterocycles. The molecule has 2 aromatic carbocycles. The summed E-state index contributed by atoms with van der Waals surface area (Å²) in [5, 5.41) is 4.45. The number of rotatable bonds is 6. The van der Waals surface area contributed by atoms with Gasteiger partial charge in [-0.25, -0.2) is 0 Å². The Kier molecular flexibility index (Phi) is 4.94. The van der Waals surface area contributed by atoms with Gasteiger partial charge in [-0.15, -0.1) is 0 Å². The maximum absolute atomic E-state index is 13.3. The van der Waals surface area contributed by atoms with Gasteiger partial charge in [-0.1, -0.05) is 24.3 Å². The number of pyridine rings is 1. The summed E-state index contributed by atoms with van der Waals surface area (Å²) >= 11 is 0. The number of nitrogens with zero attached hydrogens (tertiary/aromatic N) is 2. The Morgan fingerprint density at radius 3 is 2.74 bits per heavy atom. The maximum Gasteiger partial charge on any atom is 0.252 e. The number of likely N-dealkylation sites (N-methyl/N-ethyl adjacent to an activating group) is 1. The molecule has 2 heterocycles. The van der Waals surface area contributed by atoms with Gasteiger partial charge in [0.2, 0.25) is 0 Å². The molecule has 3 aromatic rings. The third kappa shape index (κ3) is 3.79. The lowest BCUT2D eigenvalue weighted by molar-refractivity contribution is 0.0767. The fourth-order valence-corrected chi connectivity index (χ4v) is 4.45. The number of likely N-dealkylation sites (tertiary alicyclic amines) is 1. The van der Waals surface area contributed by atoms with Crippen molar-refractivity contribution < 1.29 is 9.53 Å². The van der Waals surface area contributed by atoms with Gasteiger partial charge in [-0.3, -0.25) is 14.7 Å². The molecule has 1 saturated heterocycles. The van der Waals surface area contributed by atoms with Gasteiger partial charge >= 0.3 is 0 Å². The molecule has 1 aliphatic carbocycles. The molecule has 5 rings (SSSR count). The highest BCUT2D eigenvalue weighted by atomic mass is 16.5. The van der Waals surface area contributed by atoms with Crippen LogP contribution in [-0.4, -0.2) is 42.0 Å². The highest BCUT2D eigenvalue weighted by molar-refractivity contribution is 5.97. The van der Waals surface area contributed by atoms with Crippen molar-refractivity contribution in [3.8, 4) is 5.75 Å². The highest BCUT2D eigenvalue weighted by Crippen LogP contribution is 2.48. The molecular weight excluding hydrogens is 386 g/mol. The van der Waals surface area contributed by atoms with Crippen molar-refractivity contribution in [2.75, 3.05) is 20.2 Å². The predicted molar refractivity (Wildman–Crippen MR) is 123 cm³/mol. The summed E-state index contributed by atoms with van der Waals surface area (Å²) in [6, 6.07) is 16.6. The van der Waals surface area contributed by atoms with Crippen molar-refractivity contribution in [3.63, 3.8) is 0 Å². The minimum atomic E-state index is -0.314. The van der Waals surface area contributed by atoms with E-state index in [1.54, 1.807) is 0 Å². The van der Waals surface area contributed by atoms with Gasteiger partial charge < -0.3 is 10.1 Å². The van der Waals surface area contributed by atoms with E-state index >= 15 is 0 Å². The third-order valence-corrected chi connectivity index (χ3v) is 6.82. The molecule has 1 amide bonds. The van der Waals surface area contributed by atoms with E-state index in [9.17, 15) is 4.79 Å². The second-order valence-electron chi connectivity index (χ2n) is 9.07. The summed E-state index contributed by atoms with van der Waals surface area (Å²) < 4.78 is 6.00. The molecule has 1 aromatic heterocycles. The lowest BCUT2D eigenvalue weighted by atomic mass is 9.98. The largest absolute Gasteiger partial charge is 0.492 e. The molecule has 31 heavy (non-hydrogen) atoms. The molecule has 2 aliphatic rings. The average Bonchev–Trinajstić information content (AvgIpc) is 3.53. The number of carbonyl (C=O) groups excluding carboxylic acids is 1. The van der Waals surface area contributed by atoms with Crippen LogP contribution in [0.5, 0.6) is 5.75 Å². The number of ether oxygens (including phenoxy) is 1. The smallest absolute Gasteiger partial charge is 0.252 e. The van der Waals surface area contributed by atoms with Gasteiger partial charge in [0.15, 0.2) is 0 Å². The second kappa shape index (κ2) is 7.65. The van der Waals surface area contributed by atoms with Crippen molar-refractivity contribution >= 4 is 16.8 Å². The zero-order valence-electron chi connectivity index (χ0n) is 18.4. The Balaban J connectivity index is 1.37. The van der Waals surface area contributed by atoms with Crippen LogP contribution in [0.2, 0.25) is 0 Å². The second-order valence-corrected chi connectivity index (χ2v) is 9.07. The fraction of sp³-hybridized carbons (Fsp3) is 0.385. The number of hydrogen-bond donors (Lipinski definition) is 1. The molecule has 0 spiro atoms. The zero-order valence-corrected chi connectivity index (χ0v) is 18.4. The number of nitrogens with one attached hydrogen (secondary N) is 1. The Morgan fingerprint density at radius 1 is 1.19 bits per heavy atom. The molecule has 5 nitrogen and oxygen atoms in total. The van der Waals surface area contributed by atoms with Crippen molar-refractivity contribution in [1.82, 2.24) is 15.2 Å². The van der Waals surface area contributed by atoms with Crippen LogP contribution >= 0.6 is 0 Å². The lowest BCUT2D eigenvalue weighted by Gasteiger charge is -2.37. The molecule has 0 bridgehead atoms. The fourth-order valence-electron chi connectivity index (χ4n) is 4.45. The lowest BCUT2D eigenvalue weighted by Crippen LogP contribution is -2.48. The Labute approximate surface area is 183 Å². The first kappa shape index (κ1) is 20.0. The van der Waals surface area contributed by atoms with Gasteiger partial charge in [0.25, 0.3) is 5.91 Å². The van der Waals surface area contributed by atoms with Crippen molar-refractivity contribution in [2.45, 2.75) is 44.7 Å². The number of fused-ring (bicyclic) bond motifs is 1. The Hall–Kier alpha value is -2.92. The highest BCUT2D eigenvalue weighted by Gasteiger charge is 2.46. The molecular formula is C26H29N3O2. The van der Waals surface area contributed by atoms with E-state index in [1.807, 2.05) is 50.2 Å². The van der Waals surface area contributed by atoms with E-state index in [1.165, 1.54) is 0 Å². The molecule has 160 valence electrons. The van der Waals surface area contributed by atoms with Crippen LogP contribution < -0.4 is 10.1 Å². The first-order valence-corrected chi connectivity index (χ1v) is 11.1. The van der Waals surface area contributed by atoms with Crippen LogP contribution in [0.25, 0.3) is 10.9 Å². The molecule has 1 saturated carbocycles. The molecule has 1 unspecified atom stereocenters. The van der Waals surface area contributed by atoms with Crippen LogP contribution in [0, 0.1) is 13.8 Å². The minimum Gasteiger partial charge on any atom is -0.492 e. The SMILES string of the molecule is Cc1ccc2c(C3(NC(=O)c4cc(OCC5CCN5C)ccc4C)CC3)cccc2n1. The maximum atomic E-state index is 13.3. The van der Waals surface area contributed by atoms with E-state index in [0.29, 0.717) is 18.2 Å². The number of benzene rings is 2. The molecule has 2 fully saturated rings. The average molecular weight is 416 g/mol. The van der Waals surface area contributed by atoms with Crippen LogP contribution in [0.3, 0.4) is 0 Å². The van der Waals surface area contributed by atoms with Crippen LogP contribution in [0.15, 0.2) is 48.5 Å². The standard InChI is InChI=1S/C26H29N3O2/c1-17-7-9-20(31-16-19-11-14-29(19)3)15-22(17)25(30)28-26(12-13-26)23-5-4-6-24-21(23)10-8-18(2)27-24/h4-10,15,19H,11-14,16H2,1-3H3,(H,28,30). The normalized spacial score (nSPS) is 19.6. The molecule has 5 heteroatoms.